The van der Waals surface area contributed by atoms with Gasteiger partial charge in [-0.1, -0.05) is 39.5 Å². The number of ether oxygens (including phenoxy) is 2. The zero-order chi connectivity index (χ0) is 21.8. The average Bonchev–Trinajstić information content (AvgIpc) is 2.78. The van der Waals surface area contributed by atoms with Crippen LogP contribution in [0.15, 0.2) is 0 Å². The zero-order valence-corrected chi connectivity index (χ0v) is 20.1. The highest BCUT2D eigenvalue weighted by atomic mass is 16.5. The number of hydrogen-bond acceptors (Lipinski definition) is 4. The van der Waals surface area contributed by atoms with Gasteiger partial charge in [0.1, 0.15) is 0 Å². The van der Waals surface area contributed by atoms with Crippen LogP contribution in [-0.4, -0.2) is 46.8 Å². The lowest BCUT2D eigenvalue weighted by molar-refractivity contribution is -0.119. The lowest BCUT2D eigenvalue weighted by Crippen LogP contribution is -2.42. The fraction of sp³-hybridized carbons (Fsp3) is 1.00. The first kappa shape index (κ1) is 24.0. The maximum Gasteiger partial charge on any atom is 0.0837 e. The van der Waals surface area contributed by atoms with Crippen LogP contribution in [0.5, 0.6) is 0 Å². The van der Waals surface area contributed by atoms with Crippen molar-refractivity contribution in [1.29, 1.82) is 0 Å². The van der Waals surface area contributed by atoms with Crippen LogP contribution >= 0.6 is 0 Å². The lowest BCUT2D eigenvalue weighted by atomic mass is 9.60. The Balaban J connectivity index is 1.20. The van der Waals surface area contributed by atoms with Crippen LogP contribution in [0.4, 0.5) is 0 Å². The quantitative estimate of drug-likeness (QED) is 0.555. The minimum atomic E-state index is -0.241. The maximum absolute atomic E-state index is 10.2. The third-order valence-corrected chi connectivity index (χ3v) is 9.52. The molecule has 180 valence electrons. The Labute approximate surface area is 190 Å². The van der Waals surface area contributed by atoms with E-state index in [9.17, 15) is 10.2 Å². The topological polar surface area (TPSA) is 58.9 Å². The molecule has 0 bridgehead atoms. The van der Waals surface area contributed by atoms with Gasteiger partial charge in [0.15, 0.2) is 0 Å². The van der Waals surface area contributed by atoms with Crippen LogP contribution in [0.3, 0.4) is 0 Å². The summed E-state index contributed by atoms with van der Waals surface area (Å²) in [6.07, 6.45) is 18.7. The van der Waals surface area contributed by atoms with Gasteiger partial charge >= 0.3 is 0 Å². The Morgan fingerprint density at radius 2 is 0.871 bits per heavy atom. The summed E-state index contributed by atoms with van der Waals surface area (Å²) in [6.45, 7) is 5.03. The second-order valence-corrected chi connectivity index (χ2v) is 11.8. The molecule has 0 spiro atoms. The zero-order valence-electron chi connectivity index (χ0n) is 20.1. The van der Waals surface area contributed by atoms with Crippen LogP contribution in [0.25, 0.3) is 0 Å². The largest absolute Gasteiger partial charge is 0.390 e. The van der Waals surface area contributed by atoms with Crippen LogP contribution in [0, 0.1) is 17.3 Å². The molecule has 4 atom stereocenters. The SMILES string of the molecule is CC(C)(C1CCC(OC2CCCCC2O)CC1)C1CCC(OC2CCCCC2O)CC1. The van der Waals surface area contributed by atoms with Gasteiger partial charge in [0.05, 0.1) is 36.6 Å². The molecule has 0 amide bonds. The number of aliphatic hydroxyl groups is 2. The summed E-state index contributed by atoms with van der Waals surface area (Å²) in [5, 5.41) is 20.5. The minimum Gasteiger partial charge on any atom is -0.390 e. The van der Waals surface area contributed by atoms with Crippen molar-refractivity contribution in [3.8, 4) is 0 Å². The molecular weight excluding hydrogens is 388 g/mol. The monoisotopic (exact) mass is 436 g/mol. The third kappa shape index (κ3) is 6.05. The van der Waals surface area contributed by atoms with E-state index >= 15 is 0 Å². The van der Waals surface area contributed by atoms with E-state index in [1.165, 1.54) is 38.5 Å². The molecule has 0 aromatic carbocycles. The molecule has 4 unspecified atom stereocenters. The van der Waals surface area contributed by atoms with Crippen molar-refractivity contribution in [3.63, 3.8) is 0 Å². The van der Waals surface area contributed by atoms with E-state index in [0.29, 0.717) is 17.6 Å². The van der Waals surface area contributed by atoms with Crippen molar-refractivity contribution in [3.05, 3.63) is 0 Å². The molecule has 0 aliphatic heterocycles. The predicted molar refractivity (Wildman–Crippen MR) is 124 cm³/mol. The van der Waals surface area contributed by atoms with Crippen molar-refractivity contribution >= 4 is 0 Å². The summed E-state index contributed by atoms with van der Waals surface area (Å²) >= 11 is 0. The standard InChI is InChI=1S/C27H48O4/c1-27(2,19-11-15-21(16-12-19)30-25-9-5-3-7-23(25)28)20-13-17-22(18-14-20)31-26-10-6-4-8-24(26)29/h19-26,28-29H,3-18H2,1-2H3. The molecule has 0 aromatic heterocycles. The highest BCUT2D eigenvalue weighted by Crippen LogP contribution is 2.49. The normalized spacial score (nSPS) is 43.0. The molecule has 4 fully saturated rings. The molecule has 0 radical (unpaired) electrons. The fourth-order valence-corrected chi connectivity index (χ4v) is 7.19. The molecule has 4 aliphatic rings. The van der Waals surface area contributed by atoms with Gasteiger partial charge in [-0.2, -0.15) is 0 Å². The summed E-state index contributed by atoms with van der Waals surface area (Å²) in [5.41, 5.74) is 0.380. The minimum absolute atomic E-state index is 0.0845. The molecule has 4 nitrogen and oxygen atoms in total. The summed E-state index contributed by atoms with van der Waals surface area (Å²) in [6, 6.07) is 0. The van der Waals surface area contributed by atoms with Crippen molar-refractivity contribution in [2.75, 3.05) is 0 Å². The second-order valence-electron chi connectivity index (χ2n) is 11.8. The highest BCUT2D eigenvalue weighted by molar-refractivity contribution is 4.92. The van der Waals surface area contributed by atoms with E-state index < -0.39 is 0 Å². The van der Waals surface area contributed by atoms with Crippen LogP contribution in [0.2, 0.25) is 0 Å². The second kappa shape index (κ2) is 10.8. The van der Waals surface area contributed by atoms with Gasteiger partial charge in [-0.15, -0.1) is 0 Å². The first-order chi connectivity index (χ1) is 14.9. The van der Waals surface area contributed by atoms with Gasteiger partial charge in [0.25, 0.3) is 0 Å². The van der Waals surface area contributed by atoms with Crippen molar-refractivity contribution in [2.45, 2.75) is 153 Å². The lowest BCUT2D eigenvalue weighted by Gasteiger charge is -2.47. The van der Waals surface area contributed by atoms with Crippen LogP contribution < -0.4 is 0 Å². The van der Waals surface area contributed by atoms with Crippen molar-refractivity contribution < 1.29 is 19.7 Å². The molecule has 0 saturated heterocycles. The van der Waals surface area contributed by atoms with E-state index in [1.54, 1.807) is 0 Å². The molecule has 0 heterocycles. The van der Waals surface area contributed by atoms with E-state index in [1.807, 2.05) is 0 Å². The maximum atomic E-state index is 10.2. The number of rotatable bonds is 6. The van der Waals surface area contributed by atoms with Gasteiger partial charge in [-0.25, -0.2) is 0 Å². The first-order valence-corrected chi connectivity index (χ1v) is 13.6. The Bertz CT molecular complexity index is 487. The smallest absolute Gasteiger partial charge is 0.0837 e. The predicted octanol–water partition coefficient (Wildman–Crippen LogP) is 5.77. The summed E-state index contributed by atoms with van der Waals surface area (Å²) < 4.78 is 12.7. The van der Waals surface area contributed by atoms with Gasteiger partial charge in [0, 0.05) is 0 Å². The number of aliphatic hydroxyl groups excluding tert-OH is 2. The highest BCUT2D eigenvalue weighted by Gasteiger charge is 2.42. The third-order valence-electron chi connectivity index (χ3n) is 9.52. The van der Waals surface area contributed by atoms with E-state index in [-0.39, 0.29) is 24.4 Å². The molecule has 4 heteroatoms. The van der Waals surface area contributed by atoms with Gasteiger partial charge in [0.2, 0.25) is 0 Å². The van der Waals surface area contributed by atoms with E-state index in [4.69, 9.17) is 9.47 Å². The van der Waals surface area contributed by atoms with Crippen LogP contribution in [0.1, 0.15) is 117 Å². The molecule has 0 aromatic rings. The fourth-order valence-electron chi connectivity index (χ4n) is 7.19. The van der Waals surface area contributed by atoms with E-state index in [2.05, 4.69) is 13.8 Å². The molecule has 31 heavy (non-hydrogen) atoms. The van der Waals surface area contributed by atoms with Crippen molar-refractivity contribution in [2.24, 2.45) is 17.3 Å². The average molecular weight is 437 g/mol. The summed E-state index contributed by atoms with van der Waals surface area (Å²) in [7, 11) is 0. The molecule has 4 saturated carbocycles. The Kier molecular flexibility index (Phi) is 8.39. The first-order valence-electron chi connectivity index (χ1n) is 13.6. The molecule has 2 N–H and O–H groups in total. The Morgan fingerprint density at radius 1 is 0.516 bits per heavy atom. The summed E-state index contributed by atoms with van der Waals surface area (Å²) in [5.74, 6) is 1.57. The van der Waals surface area contributed by atoms with Crippen molar-refractivity contribution in [1.82, 2.24) is 0 Å². The molecule has 4 aliphatic carbocycles. The van der Waals surface area contributed by atoms with E-state index in [0.717, 1.165) is 76.0 Å². The number of hydrogen-bond donors (Lipinski definition) is 2. The van der Waals surface area contributed by atoms with Gasteiger partial charge in [-0.05, 0) is 94.3 Å². The molecular formula is C27H48O4. The Morgan fingerprint density at radius 3 is 1.23 bits per heavy atom. The molecule has 4 rings (SSSR count). The Hall–Kier alpha value is -0.160. The summed E-state index contributed by atoms with van der Waals surface area (Å²) in [4.78, 5) is 0. The van der Waals surface area contributed by atoms with Gasteiger partial charge < -0.3 is 19.7 Å². The van der Waals surface area contributed by atoms with Gasteiger partial charge in [-0.3, -0.25) is 0 Å². The van der Waals surface area contributed by atoms with Crippen LogP contribution in [-0.2, 0) is 9.47 Å².